The van der Waals surface area contributed by atoms with E-state index >= 15 is 0 Å². The Balaban J connectivity index is 2.00. The zero-order valence-corrected chi connectivity index (χ0v) is 17.3. The predicted octanol–water partition coefficient (Wildman–Crippen LogP) is 4.89. The van der Waals surface area contributed by atoms with Crippen molar-refractivity contribution in [3.8, 4) is 17.0 Å². The molecule has 1 atom stereocenters. The van der Waals surface area contributed by atoms with Crippen LogP contribution in [0.3, 0.4) is 0 Å². The molecule has 0 radical (unpaired) electrons. The number of esters is 1. The van der Waals surface area contributed by atoms with Crippen molar-refractivity contribution in [3.05, 3.63) is 71.9 Å². The van der Waals surface area contributed by atoms with Gasteiger partial charge in [-0.2, -0.15) is 0 Å². The lowest BCUT2D eigenvalue weighted by Gasteiger charge is -2.24. The number of fused-ring (bicyclic) bond motifs is 1. The van der Waals surface area contributed by atoms with Crippen LogP contribution in [0.2, 0.25) is 0 Å². The van der Waals surface area contributed by atoms with Crippen molar-refractivity contribution in [2.45, 2.75) is 43.9 Å². The third-order valence-corrected chi connectivity index (χ3v) is 6.99. The fourth-order valence-electron chi connectivity index (χ4n) is 3.87. The highest BCUT2D eigenvalue weighted by Gasteiger charge is 2.36. The Hall–Kier alpha value is -2.86. The molecule has 5 nitrogen and oxygen atoms in total. The summed E-state index contributed by atoms with van der Waals surface area (Å²) in [6.07, 6.45) is 1.74. The van der Waals surface area contributed by atoms with E-state index in [0.29, 0.717) is 23.6 Å². The van der Waals surface area contributed by atoms with Crippen molar-refractivity contribution in [2.75, 3.05) is 0 Å². The number of hydrogen-bond donors (Lipinski definition) is 0. The Bertz CT molecular complexity index is 1150. The lowest BCUT2D eigenvalue weighted by Crippen LogP contribution is -2.25. The fraction of sp³-hybridized carbons (Fsp3) is 0.261. The number of rotatable bonds is 5. The maximum atomic E-state index is 13.7. The third-order valence-electron chi connectivity index (χ3n) is 5.25. The first-order chi connectivity index (χ1) is 13.9. The van der Waals surface area contributed by atoms with Gasteiger partial charge in [-0.05, 0) is 31.0 Å². The first-order valence-electron chi connectivity index (χ1n) is 9.75. The van der Waals surface area contributed by atoms with E-state index in [9.17, 15) is 13.2 Å². The zero-order valence-electron chi connectivity index (χ0n) is 16.5. The highest BCUT2D eigenvalue weighted by atomic mass is 32.2. The number of nitrogens with zero attached hydrogens (tertiary/aromatic N) is 1. The van der Waals surface area contributed by atoms with Gasteiger partial charge in [-0.15, -0.1) is 0 Å². The van der Waals surface area contributed by atoms with Crippen molar-refractivity contribution < 1.29 is 17.9 Å². The minimum Gasteiger partial charge on any atom is -0.424 e. The number of aromatic nitrogens is 1. The molecule has 1 aromatic heterocycles. The van der Waals surface area contributed by atoms with E-state index in [1.165, 1.54) is 3.97 Å². The maximum absolute atomic E-state index is 13.7. The molecule has 0 aliphatic carbocycles. The average molecular weight is 410 g/mol. The Morgan fingerprint density at radius 3 is 2.41 bits per heavy atom. The molecule has 29 heavy (non-hydrogen) atoms. The van der Waals surface area contributed by atoms with E-state index in [1.807, 2.05) is 44.2 Å². The van der Waals surface area contributed by atoms with Gasteiger partial charge >= 0.3 is 5.97 Å². The highest BCUT2D eigenvalue weighted by Crippen LogP contribution is 2.44. The van der Waals surface area contributed by atoms with Gasteiger partial charge in [-0.25, -0.2) is 12.4 Å². The molecule has 6 heteroatoms. The standard InChI is InChI=1S/C23H23NO4S/c1-3-7-18-14-22(25)28-21-15-20(17-8-5-4-6-9-17)24(23(18)21)29(26,27)19-12-10-16(2)11-13-19/h4-6,8-13,15,18H,3,7,14H2,1-2H3/t18-/m0/s1. The number of aryl methyl sites for hydroxylation is 1. The predicted molar refractivity (Wildman–Crippen MR) is 112 cm³/mol. The molecular weight excluding hydrogens is 386 g/mol. The summed E-state index contributed by atoms with van der Waals surface area (Å²) in [6, 6.07) is 17.8. The van der Waals surface area contributed by atoms with Crippen LogP contribution in [0.25, 0.3) is 11.3 Å². The quantitative estimate of drug-likeness (QED) is 0.563. The van der Waals surface area contributed by atoms with Crippen LogP contribution >= 0.6 is 0 Å². The maximum Gasteiger partial charge on any atom is 0.311 e. The summed E-state index contributed by atoms with van der Waals surface area (Å²) in [4.78, 5) is 12.4. The molecule has 0 bridgehead atoms. The third kappa shape index (κ3) is 3.49. The van der Waals surface area contributed by atoms with Gasteiger partial charge in [0.05, 0.1) is 22.7 Å². The molecule has 1 aliphatic rings. The second-order valence-corrected chi connectivity index (χ2v) is 9.18. The minimum absolute atomic E-state index is 0.183. The van der Waals surface area contributed by atoms with E-state index in [4.69, 9.17) is 4.74 Å². The van der Waals surface area contributed by atoms with Gasteiger partial charge in [0.25, 0.3) is 10.0 Å². The van der Waals surface area contributed by atoms with Crippen molar-refractivity contribution in [1.82, 2.24) is 3.97 Å². The average Bonchev–Trinajstić information content (AvgIpc) is 3.09. The molecule has 2 aromatic carbocycles. The molecule has 0 saturated heterocycles. The summed E-state index contributed by atoms with van der Waals surface area (Å²) >= 11 is 0. The molecule has 3 aromatic rings. The second-order valence-electron chi connectivity index (χ2n) is 7.39. The number of hydrogen-bond acceptors (Lipinski definition) is 4. The van der Waals surface area contributed by atoms with Gasteiger partial charge in [-0.3, -0.25) is 4.79 Å². The van der Waals surface area contributed by atoms with Gasteiger partial charge in [0.1, 0.15) is 0 Å². The summed E-state index contributed by atoms with van der Waals surface area (Å²) in [6.45, 7) is 3.94. The van der Waals surface area contributed by atoms with Gasteiger partial charge < -0.3 is 4.74 Å². The normalized spacial score (nSPS) is 16.3. The lowest BCUT2D eigenvalue weighted by molar-refractivity contribution is -0.136. The summed E-state index contributed by atoms with van der Waals surface area (Å²) in [5.41, 5.74) is 2.81. The Kier molecular flexibility index (Phi) is 5.04. The van der Waals surface area contributed by atoms with Crippen molar-refractivity contribution >= 4 is 16.0 Å². The Morgan fingerprint density at radius 1 is 1.07 bits per heavy atom. The van der Waals surface area contributed by atoms with Crippen LogP contribution in [0.15, 0.2) is 65.6 Å². The molecule has 0 spiro atoms. The van der Waals surface area contributed by atoms with E-state index in [-0.39, 0.29) is 23.2 Å². The molecule has 0 fully saturated rings. The van der Waals surface area contributed by atoms with Crippen LogP contribution in [0.4, 0.5) is 0 Å². The van der Waals surface area contributed by atoms with E-state index < -0.39 is 10.0 Å². The highest BCUT2D eigenvalue weighted by molar-refractivity contribution is 7.90. The lowest BCUT2D eigenvalue weighted by atomic mass is 9.94. The minimum atomic E-state index is -3.88. The molecular formula is C23H23NO4S. The molecule has 1 aliphatic heterocycles. The van der Waals surface area contributed by atoms with Crippen LogP contribution in [0.1, 0.15) is 43.4 Å². The largest absolute Gasteiger partial charge is 0.424 e. The summed E-state index contributed by atoms with van der Waals surface area (Å²) in [5.74, 6) is -0.177. The zero-order chi connectivity index (χ0) is 20.6. The molecule has 0 saturated carbocycles. The number of carbonyl (C=O) groups excluding carboxylic acids is 1. The second kappa shape index (κ2) is 7.52. The number of carbonyl (C=O) groups is 1. The molecule has 4 rings (SSSR count). The van der Waals surface area contributed by atoms with Gasteiger partial charge in [0.2, 0.25) is 0 Å². The van der Waals surface area contributed by atoms with Crippen LogP contribution in [-0.2, 0) is 14.8 Å². The smallest absolute Gasteiger partial charge is 0.311 e. The number of ether oxygens (including phenoxy) is 1. The number of benzene rings is 2. The monoisotopic (exact) mass is 409 g/mol. The molecule has 0 N–H and O–H groups in total. The van der Waals surface area contributed by atoms with E-state index in [0.717, 1.165) is 17.5 Å². The molecule has 2 heterocycles. The van der Waals surface area contributed by atoms with Crippen LogP contribution in [-0.4, -0.2) is 18.4 Å². The van der Waals surface area contributed by atoms with Gasteiger partial charge in [-0.1, -0.05) is 61.4 Å². The SMILES string of the molecule is CCC[C@H]1CC(=O)Oc2cc(-c3ccccc3)n(S(=O)(=O)c3ccc(C)cc3)c21. The van der Waals surface area contributed by atoms with Crippen LogP contribution in [0, 0.1) is 6.92 Å². The summed E-state index contributed by atoms with van der Waals surface area (Å²) in [7, 11) is -3.88. The first-order valence-corrected chi connectivity index (χ1v) is 11.2. The first kappa shape index (κ1) is 19.5. The topological polar surface area (TPSA) is 65.4 Å². The van der Waals surface area contributed by atoms with Crippen LogP contribution < -0.4 is 4.74 Å². The van der Waals surface area contributed by atoms with Crippen molar-refractivity contribution in [3.63, 3.8) is 0 Å². The van der Waals surface area contributed by atoms with Crippen molar-refractivity contribution in [1.29, 1.82) is 0 Å². The fourth-order valence-corrected chi connectivity index (χ4v) is 5.47. The Labute approximate surface area is 171 Å². The Morgan fingerprint density at radius 2 is 1.76 bits per heavy atom. The molecule has 0 amide bonds. The van der Waals surface area contributed by atoms with Gasteiger partial charge in [0.15, 0.2) is 5.75 Å². The van der Waals surface area contributed by atoms with Gasteiger partial charge in [0, 0.05) is 12.0 Å². The van der Waals surface area contributed by atoms with Crippen molar-refractivity contribution in [2.24, 2.45) is 0 Å². The molecule has 150 valence electrons. The molecule has 0 unspecified atom stereocenters. The van der Waals surface area contributed by atoms with Crippen LogP contribution in [0.5, 0.6) is 5.75 Å². The van der Waals surface area contributed by atoms with E-state index in [2.05, 4.69) is 0 Å². The summed E-state index contributed by atoms with van der Waals surface area (Å²) < 4.78 is 34.3. The van der Waals surface area contributed by atoms with E-state index in [1.54, 1.807) is 30.3 Å². The summed E-state index contributed by atoms with van der Waals surface area (Å²) in [5, 5.41) is 0.